The van der Waals surface area contributed by atoms with Crippen molar-refractivity contribution in [2.75, 3.05) is 7.11 Å². The molecule has 2 fully saturated rings. The molecule has 0 bridgehead atoms. The molecule has 1 saturated heterocycles. The lowest BCUT2D eigenvalue weighted by Crippen LogP contribution is -2.33. The number of carbonyl (C=O) groups excluding carboxylic acids is 2. The van der Waals surface area contributed by atoms with E-state index in [0.29, 0.717) is 22.6 Å². The van der Waals surface area contributed by atoms with Crippen LogP contribution in [0.1, 0.15) is 42.8 Å². The summed E-state index contributed by atoms with van der Waals surface area (Å²) >= 11 is 0.898. The Bertz CT molecular complexity index is 989. The molecule has 2 aromatic heterocycles. The summed E-state index contributed by atoms with van der Waals surface area (Å²) in [6.07, 6.45) is 12.2. The molecular formula is C22H25N5O3S. The number of thioether (sulfide) groups is 1. The summed E-state index contributed by atoms with van der Waals surface area (Å²) in [7, 11) is 1.68. The zero-order valence-electron chi connectivity index (χ0n) is 17.3. The Kier molecular flexibility index (Phi) is 6.93. The van der Waals surface area contributed by atoms with E-state index in [9.17, 15) is 9.59 Å². The van der Waals surface area contributed by atoms with Crippen LogP contribution < -0.4 is 15.4 Å². The largest absolute Gasteiger partial charge is 0.496 e. The van der Waals surface area contributed by atoms with Crippen molar-refractivity contribution in [2.24, 2.45) is 5.92 Å². The van der Waals surface area contributed by atoms with Crippen LogP contribution >= 0.6 is 11.8 Å². The van der Waals surface area contributed by atoms with Crippen LogP contribution in [0.3, 0.4) is 0 Å². The number of amides is 2. The second-order valence-corrected chi connectivity index (χ2v) is 8.75. The summed E-state index contributed by atoms with van der Waals surface area (Å²) in [6.45, 7) is 0.750. The normalized spacial score (nSPS) is 22.5. The number of ether oxygens (including phenoxy) is 1. The number of carbonyl (C=O) groups is 2. The predicted molar refractivity (Wildman–Crippen MR) is 118 cm³/mol. The van der Waals surface area contributed by atoms with Crippen molar-refractivity contribution in [1.29, 1.82) is 0 Å². The van der Waals surface area contributed by atoms with Crippen LogP contribution in [0.5, 0.6) is 5.75 Å². The first-order valence-electron chi connectivity index (χ1n) is 10.4. The number of methoxy groups -OCH3 is 1. The maximum Gasteiger partial charge on any atom is 0.290 e. The number of nitrogens with zero attached hydrogens (tertiary/aromatic N) is 3. The fourth-order valence-corrected chi connectivity index (χ4v) is 4.65. The second-order valence-electron chi connectivity index (χ2n) is 7.74. The number of imide groups is 1. The van der Waals surface area contributed by atoms with E-state index >= 15 is 0 Å². The minimum atomic E-state index is -0.370. The highest BCUT2D eigenvalue weighted by atomic mass is 32.2. The minimum Gasteiger partial charge on any atom is -0.496 e. The van der Waals surface area contributed by atoms with Gasteiger partial charge in [0.1, 0.15) is 11.6 Å². The Hall–Kier alpha value is -2.78. The van der Waals surface area contributed by atoms with Crippen molar-refractivity contribution >= 4 is 29.0 Å². The summed E-state index contributed by atoms with van der Waals surface area (Å²) in [5.41, 5.74) is 1.72. The highest BCUT2D eigenvalue weighted by molar-refractivity contribution is 8.18. The van der Waals surface area contributed by atoms with Gasteiger partial charge >= 0.3 is 0 Å². The van der Waals surface area contributed by atoms with Gasteiger partial charge in [0.25, 0.3) is 11.1 Å². The lowest BCUT2D eigenvalue weighted by atomic mass is 9.84. The maximum absolute atomic E-state index is 11.7. The fourth-order valence-electron chi connectivity index (χ4n) is 3.98. The zero-order valence-corrected chi connectivity index (χ0v) is 18.2. The molecule has 1 aliphatic carbocycles. The third-order valence-corrected chi connectivity index (χ3v) is 6.44. The van der Waals surface area contributed by atoms with E-state index < -0.39 is 0 Å². The highest BCUT2D eigenvalue weighted by Crippen LogP contribution is 2.28. The molecule has 0 aromatic carbocycles. The molecule has 1 aliphatic heterocycles. The average Bonchev–Trinajstić information content (AvgIpc) is 3.10. The molecule has 8 nitrogen and oxygen atoms in total. The summed E-state index contributed by atoms with van der Waals surface area (Å²) < 4.78 is 5.39. The lowest BCUT2D eigenvalue weighted by molar-refractivity contribution is -0.115. The summed E-state index contributed by atoms with van der Waals surface area (Å²) in [6, 6.07) is 4.11. The van der Waals surface area contributed by atoms with Crippen LogP contribution in [-0.2, 0) is 17.8 Å². The van der Waals surface area contributed by atoms with Gasteiger partial charge in [0.15, 0.2) is 0 Å². The predicted octanol–water partition coefficient (Wildman–Crippen LogP) is 3.10. The molecule has 2 amide bonds. The van der Waals surface area contributed by atoms with Crippen molar-refractivity contribution in [2.45, 2.75) is 44.7 Å². The summed E-state index contributed by atoms with van der Waals surface area (Å²) in [4.78, 5) is 36.6. The number of pyridine rings is 1. The van der Waals surface area contributed by atoms with Gasteiger partial charge in [-0.2, -0.15) is 0 Å². The third kappa shape index (κ3) is 5.68. The fraction of sp³-hybridized carbons (Fsp3) is 0.409. The Balaban J connectivity index is 1.28. The van der Waals surface area contributed by atoms with E-state index in [1.807, 2.05) is 12.3 Å². The SMILES string of the molecule is COc1ccncc1CNC1CCC(Cc2nccc(/C=C3\SC(=O)NC3=O)n2)CC1. The van der Waals surface area contributed by atoms with Crippen LogP contribution in [0.4, 0.5) is 4.79 Å². The van der Waals surface area contributed by atoms with Crippen LogP contribution in [-0.4, -0.2) is 39.2 Å². The smallest absolute Gasteiger partial charge is 0.290 e. The number of nitrogens with one attached hydrogen (secondary N) is 2. The monoisotopic (exact) mass is 439 g/mol. The van der Waals surface area contributed by atoms with Gasteiger partial charge < -0.3 is 10.1 Å². The molecule has 9 heteroatoms. The molecule has 0 unspecified atom stereocenters. The molecular weight excluding hydrogens is 414 g/mol. The second kappa shape index (κ2) is 10.0. The third-order valence-electron chi connectivity index (χ3n) is 5.63. The van der Waals surface area contributed by atoms with Crippen LogP contribution in [0, 0.1) is 5.92 Å². The van der Waals surface area contributed by atoms with Gasteiger partial charge in [-0.05, 0) is 61.6 Å². The zero-order chi connectivity index (χ0) is 21.6. The van der Waals surface area contributed by atoms with E-state index in [-0.39, 0.29) is 11.1 Å². The van der Waals surface area contributed by atoms with E-state index in [2.05, 4.69) is 25.6 Å². The standard InChI is InChI=1S/C22H25N5O3S/c1-30-18-7-8-23-12-15(18)13-25-16-4-2-14(3-5-16)10-20-24-9-6-17(26-20)11-19-21(28)27-22(29)31-19/h6-9,11-12,14,16,25H,2-5,10,13H2,1H3,(H,27,28,29)/b19-11-. The summed E-state index contributed by atoms with van der Waals surface area (Å²) in [5, 5.41) is 5.53. The van der Waals surface area contributed by atoms with Crippen molar-refractivity contribution in [1.82, 2.24) is 25.6 Å². The van der Waals surface area contributed by atoms with Crippen molar-refractivity contribution in [3.8, 4) is 5.75 Å². The van der Waals surface area contributed by atoms with E-state index in [1.54, 1.807) is 31.6 Å². The quantitative estimate of drug-likeness (QED) is 0.634. The number of hydrogen-bond donors (Lipinski definition) is 2. The molecule has 31 heavy (non-hydrogen) atoms. The van der Waals surface area contributed by atoms with Crippen LogP contribution in [0.15, 0.2) is 35.6 Å². The van der Waals surface area contributed by atoms with Gasteiger partial charge in [-0.25, -0.2) is 9.97 Å². The number of hydrogen-bond acceptors (Lipinski definition) is 8. The van der Waals surface area contributed by atoms with Gasteiger partial charge in [0, 0.05) is 43.2 Å². The molecule has 162 valence electrons. The highest BCUT2D eigenvalue weighted by Gasteiger charge is 2.25. The first-order valence-corrected chi connectivity index (χ1v) is 11.2. The minimum absolute atomic E-state index is 0.349. The van der Waals surface area contributed by atoms with Crippen molar-refractivity contribution in [3.05, 3.63) is 52.7 Å². The first kappa shape index (κ1) is 21.5. The van der Waals surface area contributed by atoms with Crippen molar-refractivity contribution < 1.29 is 14.3 Å². The van der Waals surface area contributed by atoms with Gasteiger partial charge in [0.05, 0.1) is 17.7 Å². The molecule has 2 N–H and O–H groups in total. The Morgan fingerprint density at radius 3 is 2.81 bits per heavy atom. The first-order chi connectivity index (χ1) is 15.1. The van der Waals surface area contributed by atoms with Gasteiger partial charge in [-0.15, -0.1) is 0 Å². The van der Waals surface area contributed by atoms with E-state index in [0.717, 1.165) is 67.5 Å². The molecule has 0 spiro atoms. The average molecular weight is 440 g/mol. The molecule has 1 saturated carbocycles. The molecule has 0 radical (unpaired) electrons. The van der Waals surface area contributed by atoms with Crippen molar-refractivity contribution in [3.63, 3.8) is 0 Å². The molecule has 2 aliphatic rings. The van der Waals surface area contributed by atoms with Gasteiger partial charge in [-0.1, -0.05) is 0 Å². The lowest BCUT2D eigenvalue weighted by Gasteiger charge is -2.29. The number of aromatic nitrogens is 3. The van der Waals surface area contributed by atoms with E-state index in [4.69, 9.17) is 4.74 Å². The molecule has 4 rings (SSSR count). The maximum atomic E-state index is 11.7. The van der Waals surface area contributed by atoms with Crippen LogP contribution in [0.25, 0.3) is 6.08 Å². The molecule has 0 atom stereocenters. The Labute approximate surface area is 185 Å². The molecule has 3 heterocycles. The van der Waals surface area contributed by atoms with E-state index in [1.165, 1.54) is 0 Å². The molecule has 2 aromatic rings. The Morgan fingerprint density at radius 2 is 2.06 bits per heavy atom. The van der Waals surface area contributed by atoms with Gasteiger partial charge in [0.2, 0.25) is 0 Å². The van der Waals surface area contributed by atoms with Crippen LogP contribution in [0.2, 0.25) is 0 Å². The topological polar surface area (TPSA) is 106 Å². The summed E-state index contributed by atoms with van der Waals surface area (Å²) in [5.74, 6) is 1.81. The van der Waals surface area contributed by atoms with Gasteiger partial charge in [-0.3, -0.25) is 19.9 Å². The Morgan fingerprint density at radius 1 is 1.23 bits per heavy atom. The number of rotatable bonds is 7.